The maximum absolute atomic E-state index is 11.6. The summed E-state index contributed by atoms with van der Waals surface area (Å²) in [7, 11) is -3.53. The van der Waals surface area contributed by atoms with Crippen LogP contribution in [-0.2, 0) is 9.84 Å². The average Bonchev–Trinajstić information content (AvgIpc) is 2.97. The van der Waals surface area contributed by atoms with E-state index in [1.807, 2.05) is 31.2 Å². The fraction of sp³-hybridized carbons (Fsp3) is 0.143. The standard InChI is InChI=1S/C14H11BrN4O3S/c1-8-3-5-9(6-4-8)12-18-19-13(22-12)11-10(15)7-16-14(17-11)23(2,20)21/h3-7H,1-2H3. The third-order valence-electron chi connectivity index (χ3n) is 2.98. The molecule has 0 bridgehead atoms. The molecule has 118 valence electrons. The van der Waals surface area contributed by atoms with Gasteiger partial charge >= 0.3 is 0 Å². The molecule has 2 aromatic heterocycles. The molecule has 3 aromatic rings. The molecule has 1 aromatic carbocycles. The van der Waals surface area contributed by atoms with Crippen LogP contribution in [0, 0.1) is 6.92 Å². The second-order valence-corrected chi connectivity index (χ2v) is 7.66. The van der Waals surface area contributed by atoms with Crippen LogP contribution in [0.3, 0.4) is 0 Å². The molecule has 0 N–H and O–H groups in total. The van der Waals surface area contributed by atoms with E-state index in [9.17, 15) is 8.42 Å². The number of sulfone groups is 1. The van der Waals surface area contributed by atoms with Crippen molar-refractivity contribution in [2.75, 3.05) is 6.26 Å². The van der Waals surface area contributed by atoms with Gasteiger partial charge in [-0.2, -0.15) is 0 Å². The molecule has 0 aliphatic heterocycles. The van der Waals surface area contributed by atoms with E-state index in [-0.39, 0.29) is 16.7 Å². The van der Waals surface area contributed by atoms with Crippen molar-refractivity contribution in [1.82, 2.24) is 20.2 Å². The quantitative estimate of drug-likeness (QED) is 0.629. The highest BCUT2D eigenvalue weighted by Crippen LogP contribution is 2.28. The molecule has 0 spiro atoms. The van der Waals surface area contributed by atoms with Crippen LogP contribution in [0.1, 0.15) is 5.56 Å². The van der Waals surface area contributed by atoms with Gasteiger partial charge in [0.25, 0.3) is 5.89 Å². The van der Waals surface area contributed by atoms with Crippen molar-refractivity contribution in [3.8, 4) is 23.0 Å². The number of hydrogen-bond donors (Lipinski definition) is 0. The van der Waals surface area contributed by atoms with E-state index in [4.69, 9.17) is 4.42 Å². The lowest BCUT2D eigenvalue weighted by Gasteiger charge is -2.01. The number of hydrogen-bond acceptors (Lipinski definition) is 7. The van der Waals surface area contributed by atoms with Crippen molar-refractivity contribution in [2.45, 2.75) is 12.1 Å². The van der Waals surface area contributed by atoms with Gasteiger partial charge in [-0.3, -0.25) is 0 Å². The summed E-state index contributed by atoms with van der Waals surface area (Å²) in [4.78, 5) is 7.77. The van der Waals surface area contributed by atoms with Crippen molar-refractivity contribution in [3.63, 3.8) is 0 Å². The normalized spacial score (nSPS) is 11.6. The summed E-state index contributed by atoms with van der Waals surface area (Å²) < 4.78 is 29.2. The first kappa shape index (κ1) is 15.8. The van der Waals surface area contributed by atoms with E-state index in [2.05, 4.69) is 36.1 Å². The minimum Gasteiger partial charge on any atom is -0.415 e. The molecular weight excluding hydrogens is 384 g/mol. The van der Waals surface area contributed by atoms with Crippen molar-refractivity contribution in [3.05, 3.63) is 40.5 Å². The van der Waals surface area contributed by atoms with Gasteiger partial charge in [0, 0.05) is 18.0 Å². The van der Waals surface area contributed by atoms with Crippen molar-refractivity contribution < 1.29 is 12.8 Å². The minimum atomic E-state index is -3.53. The third-order valence-corrected chi connectivity index (χ3v) is 4.42. The molecule has 0 unspecified atom stereocenters. The molecule has 3 rings (SSSR count). The van der Waals surface area contributed by atoms with E-state index >= 15 is 0 Å². The first-order valence-corrected chi connectivity index (χ1v) is 9.16. The van der Waals surface area contributed by atoms with Crippen molar-refractivity contribution in [1.29, 1.82) is 0 Å². The Hall–Kier alpha value is -2.13. The van der Waals surface area contributed by atoms with E-state index in [0.29, 0.717) is 10.4 Å². The minimum absolute atomic E-state index is 0.111. The largest absolute Gasteiger partial charge is 0.415 e. The van der Waals surface area contributed by atoms with Gasteiger partial charge in [-0.05, 0) is 35.0 Å². The van der Waals surface area contributed by atoms with Crippen molar-refractivity contribution >= 4 is 25.8 Å². The maximum Gasteiger partial charge on any atom is 0.267 e. The van der Waals surface area contributed by atoms with Crippen LogP contribution in [0.15, 0.2) is 44.5 Å². The summed E-state index contributed by atoms with van der Waals surface area (Å²) in [5.74, 6) is 0.436. The summed E-state index contributed by atoms with van der Waals surface area (Å²) in [5, 5.41) is 7.62. The predicted molar refractivity (Wildman–Crippen MR) is 86.3 cm³/mol. The molecule has 0 fully saturated rings. The smallest absolute Gasteiger partial charge is 0.267 e. The lowest BCUT2D eigenvalue weighted by Crippen LogP contribution is -2.05. The molecule has 0 aliphatic carbocycles. The number of rotatable bonds is 3. The van der Waals surface area contributed by atoms with E-state index in [0.717, 1.165) is 17.4 Å². The molecule has 7 nitrogen and oxygen atoms in total. The molecule has 0 saturated carbocycles. The lowest BCUT2D eigenvalue weighted by molar-refractivity contribution is 0.577. The van der Waals surface area contributed by atoms with Gasteiger partial charge in [0.05, 0.1) is 4.47 Å². The van der Waals surface area contributed by atoms with Crippen LogP contribution in [-0.4, -0.2) is 34.8 Å². The zero-order valence-electron chi connectivity index (χ0n) is 12.2. The zero-order valence-corrected chi connectivity index (χ0v) is 14.6. The summed E-state index contributed by atoms with van der Waals surface area (Å²) in [6.45, 7) is 1.98. The van der Waals surface area contributed by atoms with Crippen LogP contribution in [0.25, 0.3) is 23.0 Å². The number of aryl methyl sites for hydroxylation is 1. The molecule has 0 aliphatic rings. The Bertz CT molecular complexity index is 968. The number of aromatic nitrogens is 4. The molecule has 2 heterocycles. The van der Waals surface area contributed by atoms with Gasteiger partial charge in [0.2, 0.25) is 20.9 Å². The summed E-state index contributed by atoms with van der Waals surface area (Å²) in [5.41, 5.74) is 2.11. The lowest BCUT2D eigenvalue weighted by atomic mass is 10.1. The highest BCUT2D eigenvalue weighted by Gasteiger charge is 2.19. The van der Waals surface area contributed by atoms with Crippen LogP contribution in [0.4, 0.5) is 0 Å². The molecule has 0 amide bonds. The third kappa shape index (κ3) is 3.30. The zero-order chi connectivity index (χ0) is 16.6. The van der Waals surface area contributed by atoms with Gasteiger partial charge in [0.1, 0.15) is 5.69 Å². The fourth-order valence-electron chi connectivity index (χ4n) is 1.81. The Morgan fingerprint density at radius 1 is 1.09 bits per heavy atom. The number of nitrogens with zero attached hydrogens (tertiary/aromatic N) is 4. The summed E-state index contributed by atoms with van der Waals surface area (Å²) >= 11 is 3.26. The van der Waals surface area contributed by atoms with Gasteiger partial charge in [-0.15, -0.1) is 10.2 Å². The van der Waals surface area contributed by atoms with E-state index in [1.165, 1.54) is 6.20 Å². The molecule has 0 atom stereocenters. The molecule has 23 heavy (non-hydrogen) atoms. The SMILES string of the molecule is Cc1ccc(-c2nnc(-c3nc(S(C)(=O)=O)ncc3Br)o2)cc1. The van der Waals surface area contributed by atoms with Crippen molar-refractivity contribution in [2.24, 2.45) is 0 Å². The molecule has 0 saturated heterocycles. The highest BCUT2D eigenvalue weighted by molar-refractivity contribution is 9.10. The first-order valence-electron chi connectivity index (χ1n) is 6.48. The molecule has 0 radical (unpaired) electrons. The second-order valence-electron chi connectivity index (χ2n) is 4.90. The van der Waals surface area contributed by atoms with Gasteiger partial charge in [-0.25, -0.2) is 18.4 Å². The Kier molecular flexibility index (Phi) is 3.99. The number of halogens is 1. The monoisotopic (exact) mass is 394 g/mol. The summed E-state index contributed by atoms with van der Waals surface area (Å²) in [6.07, 6.45) is 2.38. The van der Waals surface area contributed by atoms with E-state index < -0.39 is 9.84 Å². The van der Waals surface area contributed by atoms with Crippen LogP contribution in [0.2, 0.25) is 0 Å². The average molecular weight is 395 g/mol. The predicted octanol–water partition coefficient (Wildman–Crippen LogP) is 2.67. The van der Waals surface area contributed by atoms with Gasteiger partial charge < -0.3 is 4.42 Å². The highest BCUT2D eigenvalue weighted by atomic mass is 79.9. The fourth-order valence-corrected chi connectivity index (χ4v) is 2.67. The summed E-state index contributed by atoms with van der Waals surface area (Å²) in [6, 6.07) is 7.59. The Labute approximate surface area is 140 Å². The second kappa shape index (κ2) is 5.82. The molecular formula is C14H11BrN4O3S. The van der Waals surface area contributed by atoms with Crippen LogP contribution >= 0.6 is 15.9 Å². The van der Waals surface area contributed by atoms with Crippen LogP contribution in [0.5, 0.6) is 0 Å². The van der Waals surface area contributed by atoms with Gasteiger partial charge in [-0.1, -0.05) is 17.7 Å². The maximum atomic E-state index is 11.6. The van der Waals surface area contributed by atoms with Crippen LogP contribution < -0.4 is 0 Å². The topological polar surface area (TPSA) is 98.8 Å². The Morgan fingerprint density at radius 2 is 1.74 bits per heavy atom. The Balaban J connectivity index is 2.05. The number of benzene rings is 1. The first-order chi connectivity index (χ1) is 10.8. The van der Waals surface area contributed by atoms with E-state index in [1.54, 1.807) is 0 Å². The van der Waals surface area contributed by atoms with Gasteiger partial charge in [0.15, 0.2) is 0 Å². The molecule has 9 heteroatoms. The Morgan fingerprint density at radius 3 is 2.39 bits per heavy atom.